The molecule has 1 amide bonds. The Kier molecular flexibility index (Phi) is 6.15. The Balaban J connectivity index is 1.28. The largest absolute Gasteiger partial charge is 0.384 e. The predicted molar refractivity (Wildman–Crippen MR) is 130 cm³/mol. The number of fused-ring (bicyclic) bond motifs is 2. The highest BCUT2D eigenvalue weighted by Crippen LogP contribution is 2.25. The minimum Gasteiger partial charge on any atom is -0.384 e. The van der Waals surface area contributed by atoms with Gasteiger partial charge >= 0.3 is 0 Å². The van der Waals surface area contributed by atoms with E-state index in [2.05, 4.69) is 38.2 Å². The molecule has 4 aromatic rings. The van der Waals surface area contributed by atoms with Crippen LogP contribution in [0.3, 0.4) is 0 Å². The zero-order valence-corrected chi connectivity index (χ0v) is 19.9. The molecule has 34 heavy (non-hydrogen) atoms. The molecule has 0 fully saturated rings. The van der Waals surface area contributed by atoms with Gasteiger partial charge < -0.3 is 14.6 Å². The highest BCUT2D eigenvalue weighted by Gasteiger charge is 2.21. The monoisotopic (exact) mass is 458 g/mol. The molecule has 8 heteroatoms. The number of methoxy groups -OCH3 is 1. The third-order valence-corrected chi connectivity index (χ3v) is 6.44. The van der Waals surface area contributed by atoms with Crippen LogP contribution in [0.4, 0.5) is 0 Å². The van der Waals surface area contributed by atoms with Gasteiger partial charge in [-0.2, -0.15) is 0 Å². The van der Waals surface area contributed by atoms with Gasteiger partial charge in [-0.15, -0.1) is 0 Å². The van der Waals surface area contributed by atoms with E-state index in [-0.39, 0.29) is 5.91 Å². The summed E-state index contributed by atoms with van der Waals surface area (Å²) in [5.74, 6) is 2.07. The molecule has 0 bridgehead atoms. The zero-order chi connectivity index (χ0) is 23.7. The number of hydrogen-bond donors (Lipinski definition) is 1. The number of hydrogen-bond acceptors (Lipinski definition) is 5. The summed E-state index contributed by atoms with van der Waals surface area (Å²) in [6.45, 7) is 6.16. The fourth-order valence-corrected chi connectivity index (χ4v) is 4.63. The van der Waals surface area contributed by atoms with Crippen LogP contribution in [0.25, 0.3) is 17.0 Å². The number of rotatable bonds is 7. The maximum Gasteiger partial charge on any atom is 0.270 e. The Morgan fingerprint density at radius 3 is 2.79 bits per heavy atom. The summed E-state index contributed by atoms with van der Waals surface area (Å²) in [4.78, 5) is 26.8. The lowest BCUT2D eigenvalue weighted by molar-refractivity contribution is 0.0944. The quantitative estimate of drug-likeness (QED) is 0.457. The summed E-state index contributed by atoms with van der Waals surface area (Å²) in [5.41, 5.74) is 5.39. The van der Waals surface area contributed by atoms with Crippen LogP contribution in [0.1, 0.15) is 46.5 Å². The molecule has 8 nitrogen and oxygen atoms in total. The van der Waals surface area contributed by atoms with Crippen LogP contribution in [0, 0.1) is 12.8 Å². The second-order valence-electron chi connectivity index (χ2n) is 8.99. The number of carbonyl (C=O) groups excluding carboxylic acids is 1. The van der Waals surface area contributed by atoms with Crippen molar-refractivity contribution in [1.29, 1.82) is 0 Å². The number of imidazole rings is 2. The lowest BCUT2D eigenvalue weighted by Gasteiger charge is -2.22. The number of carbonyl (C=O) groups is 1. The van der Waals surface area contributed by atoms with E-state index in [0.717, 1.165) is 59.9 Å². The summed E-state index contributed by atoms with van der Waals surface area (Å²) in [5, 5.41) is 3.04. The topological polar surface area (TPSA) is 86.3 Å². The smallest absolute Gasteiger partial charge is 0.270 e. The summed E-state index contributed by atoms with van der Waals surface area (Å²) in [7, 11) is 1.76. The number of amides is 1. The van der Waals surface area contributed by atoms with Crippen molar-refractivity contribution in [3.63, 3.8) is 0 Å². The molecule has 1 unspecified atom stereocenters. The van der Waals surface area contributed by atoms with Gasteiger partial charge in [-0.05, 0) is 36.8 Å². The molecule has 1 aliphatic heterocycles. The summed E-state index contributed by atoms with van der Waals surface area (Å²) < 4.78 is 9.37. The van der Waals surface area contributed by atoms with Crippen LogP contribution >= 0.6 is 0 Å². The Hall–Kier alpha value is -3.52. The van der Waals surface area contributed by atoms with Crippen molar-refractivity contribution < 1.29 is 9.53 Å². The van der Waals surface area contributed by atoms with Crippen molar-refractivity contribution in [3.05, 3.63) is 71.2 Å². The number of ether oxygens (including phenoxy) is 1. The van der Waals surface area contributed by atoms with E-state index in [1.54, 1.807) is 17.7 Å². The van der Waals surface area contributed by atoms with Gasteiger partial charge in [0.25, 0.3) is 5.91 Å². The van der Waals surface area contributed by atoms with Gasteiger partial charge in [0, 0.05) is 57.4 Å². The molecule has 1 aromatic carbocycles. The molecule has 176 valence electrons. The molecule has 5 rings (SSSR count). The first kappa shape index (κ1) is 22.3. The van der Waals surface area contributed by atoms with Crippen LogP contribution in [0.2, 0.25) is 0 Å². The molecule has 1 aliphatic rings. The molecule has 4 heterocycles. The van der Waals surface area contributed by atoms with E-state index < -0.39 is 0 Å². The summed E-state index contributed by atoms with van der Waals surface area (Å²) in [6, 6.07) is 8.23. The molecular formula is C26H30N6O2. The van der Waals surface area contributed by atoms with E-state index in [9.17, 15) is 4.79 Å². The lowest BCUT2D eigenvalue weighted by atomic mass is 9.99. The van der Waals surface area contributed by atoms with Crippen molar-refractivity contribution in [2.75, 3.05) is 13.7 Å². The van der Waals surface area contributed by atoms with Gasteiger partial charge in [0.15, 0.2) is 0 Å². The van der Waals surface area contributed by atoms with Crippen molar-refractivity contribution in [1.82, 2.24) is 29.2 Å². The molecule has 0 aliphatic carbocycles. The van der Waals surface area contributed by atoms with E-state index in [1.807, 2.05) is 32.2 Å². The first-order valence-electron chi connectivity index (χ1n) is 11.8. The predicted octanol–water partition coefficient (Wildman–Crippen LogP) is 3.60. The molecule has 1 N–H and O–H groups in total. The number of benzene rings is 1. The normalized spacial score (nSPS) is 15.4. The van der Waals surface area contributed by atoms with E-state index in [0.29, 0.717) is 30.4 Å². The van der Waals surface area contributed by atoms with Gasteiger partial charge in [0.1, 0.15) is 11.5 Å². The summed E-state index contributed by atoms with van der Waals surface area (Å²) in [6.07, 6.45) is 8.55. The molecule has 1 atom stereocenters. The maximum absolute atomic E-state index is 13.0. The Morgan fingerprint density at radius 1 is 1.21 bits per heavy atom. The van der Waals surface area contributed by atoms with Crippen LogP contribution in [0.5, 0.6) is 0 Å². The van der Waals surface area contributed by atoms with E-state index in [4.69, 9.17) is 9.72 Å². The summed E-state index contributed by atoms with van der Waals surface area (Å²) >= 11 is 0. The number of aromatic nitrogens is 5. The van der Waals surface area contributed by atoms with Crippen LogP contribution < -0.4 is 5.32 Å². The van der Waals surface area contributed by atoms with Gasteiger partial charge in [-0.25, -0.2) is 15.0 Å². The number of nitrogens with one attached hydrogen (secondary N) is 1. The van der Waals surface area contributed by atoms with Gasteiger partial charge in [-0.3, -0.25) is 9.20 Å². The maximum atomic E-state index is 13.0. The van der Waals surface area contributed by atoms with Gasteiger partial charge in [-0.1, -0.05) is 31.2 Å². The van der Waals surface area contributed by atoms with Crippen LogP contribution in [-0.4, -0.2) is 43.5 Å². The SMILES string of the molecule is CCc1nc2ncc(C)cn2c1C(=O)NCc1ccc(-c2cn3c(n2)CC(COC)CC3)cc1. The van der Waals surface area contributed by atoms with Gasteiger partial charge in [0.2, 0.25) is 5.78 Å². The van der Waals surface area contributed by atoms with Crippen LogP contribution in [-0.2, 0) is 30.7 Å². The minimum atomic E-state index is -0.145. The number of nitrogens with zero attached hydrogens (tertiary/aromatic N) is 5. The minimum absolute atomic E-state index is 0.145. The molecule has 0 spiro atoms. The first-order chi connectivity index (χ1) is 16.6. The van der Waals surface area contributed by atoms with Crippen molar-refractivity contribution in [3.8, 4) is 11.3 Å². The Bertz CT molecular complexity index is 1320. The third-order valence-electron chi connectivity index (χ3n) is 6.44. The molecule has 3 aromatic heterocycles. The highest BCUT2D eigenvalue weighted by molar-refractivity contribution is 5.94. The second kappa shape index (κ2) is 9.38. The van der Waals surface area contributed by atoms with Gasteiger partial charge in [0.05, 0.1) is 11.4 Å². The van der Waals surface area contributed by atoms with E-state index >= 15 is 0 Å². The van der Waals surface area contributed by atoms with E-state index in [1.165, 1.54) is 0 Å². The standard InChI is InChI=1S/C26H30N6O2/c1-4-21-24(32-14-17(2)12-28-26(32)30-21)25(33)27-13-18-5-7-20(8-6-18)22-15-31-10-9-19(16-34-3)11-23(31)29-22/h5-8,12,14-15,19H,4,9-11,13,16H2,1-3H3,(H,27,33). The Labute approximate surface area is 199 Å². The first-order valence-corrected chi connectivity index (χ1v) is 11.8. The lowest BCUT2D eigenvalue weighted by Crippen LogP contribution is -2.25. The molecule has 0 saturated carbocycles. The second-order valence-corrected chi connectivity index (χ2v) is 8.99. The van der Waals surface area contributed by atoms with Crippen molar-refractivity contribution in [2.45, 2.75) is 46.2 Å². The molecule has 0 saturated heterocycles. The average molecular weight is 459 g/mol. The fraction of sp³-hybridized carbons (Fsp3) is 0.385. The average Bonchev–Trinajstić information content (AvgIpc) is 3.43. The van der Waals surface area contributed by atoms with Crippen molar-refractivity contribution >= 4 is 11.7 Å². The Morgan fingerprint density at radius 2 is 2.03 bits per heavy atom. The molecular weight excluding hydrogens is 428 g/mol. The zero-order valence-electron chi connectivity index (χ0n) is 19.9. The van der Waals surface area contributed by atoms with Crippen molar-refractivity contribution in [2.24, 2.45) is 5.92 Å². The fourth-order valence-electron chi connectivity index (χ4n) is 4.63. The third kappa shape index (κ3) is 4.33. The highest BCUT2D eigenvalue weighted by atomic mass is 16.5. The van der Waals surface area contributed by atoms with Crippen LogP contribution in [0.15, 0.2) is 42.9 Å². The molecule has 0 radical (unpaired) electrons. The number of aryl methyl sites for hydroxylation is 3.